The minimum Gasteiger partial charge on any atom is -0.504 e. The van der Waals surface area contributed by atoms with Crippen LogP contribution < -0.4 is 26.3 Å². The fourth-order valence-corrected chi connectivity index (χ4v) is 9.27. The van der Waals surface area contributed by atoms with Gasteiger partial charge in [-0.25, -0.2) is 23.5 Å². The van der Waals surface area contributed by atoms with Crippen LogP contribution in [0, 0.1) is 9.49 Å². The number of allylic oxidation sites excluding steroid dienone is 2. The zero-order valence-corrected chi connectivity index (χ0v) is 31.8. The maximum atomic E-state index is 15.4. The second-order valence-corrected chi connectivity index (χ2v) is 15.0. The molecular formula is C38H30Cl2IN5O7. The summed E-state index contributed by atoms with van der Waals surface area (Å²) in [7, 11) is 2.96. The number of benzene rings is 4. The maximum absolute atomic E-state index is 15.4. The number of aromatic nitrogens is 3. The highest BCUT2D eigenvalue weighted by Crippen LogP contribution is 2.62. The van der Waals surface area contributed by atoms with Crippen LogP contribution in [0.1, 0.15) is 29.5 Å². The van der Waals surface area contributed by atoms with E-state index in [1.165, 1.54) is 29.6 Å². The lowest BCUT2D eigenvalue weighted by Gasteiger charge is -2.49. The van der Waals surface area contributed by atoms with E-state index in [0.29, 0.717) is 36.7 Å². The van der Waals surface area contributed by atoms with Crippen molar-refractivity contribution in [2.24, 2.45) is 5.92 Å². The first-order valence-electron chi connectivity index (χ1n) is 16.5. The van der Waals surface area contributed by atoms with Gasteiger partial charge in [-0.05, 0) is 100 Å². The number of rotatable bonds is 7. The van der Waals surface area contributed by atoms with Crippen molar-refractivity contribution in [1.82, 2.24) is 18.9 Å². The summed E-state index contributed by atoms with van der Waals surface area (Å²) in [4.78, 5) is 58.6. The smallest absolute Gasteiger partial charge is 0.352 e. The highest BCUT2D eigenvalue weighted by Gasteiger charge is 2.69. The van der Waals surface area contributed by atoms with Gasteiger partial charge in [-0.15, -0.1) is 0 Å². The maximum Gasteiger partial charge on any atom is 0.352 e. The lowest BCUT2D eigenvalue weighted by molar-refractivity contribution is -0.138. The van der Waals surface area contributed by atoms with Crippen molar-refractivity contribution in [3.05, 3.63) is 142 Å². The molecule has 0 radical (unpaired) electrons. The lowest BCUT2D eigenvalue weighted by atomic mass is 9.53. The van der Waals surface area contributed by atoms with Crippen LogP contribution in [0.15, 0.2) is 106 Å². The zero-order valence-electron chi connectivity index (χ0n) is 28.1. The van der Waals surface area contributed by atoms with Crippen molar-refractivity contribution in [2.75, 3.05) is 19.6 Å². The quantitative estimate of drug-likeness (QED) is 0.115. The third-order valence-electron chi connectivity index (χ3n) is 10.5. The summed E-state index contributed by atoms with van der Waals surface area (Å²) in [6.45, 7) is 0.0242. The Bertz CT molecular complexity index is 2480. The number of hydrogen-bond donors (Lipinski definition) is 2. The summed E-state index contributed by atoms with van der Waals surface area (Å²) < 4.78 is 15.4. The van der Waals surface area contributed by atoms with Gasteiger partial charge < -0.3 is 14.6 Å². The Morgan fingerprint density at radius 1 is 0.906 bits per heavy atom. The number of methoxy groups -OCH3 is 2. The molecule has 15 heteroatoms. The number of halogens is 3. The lowest BCUT2D eigenvalue weighted by Crippen LogP contribution is -2.53. The fourth-order valence-electron chi connectivity index (χ4n) is 8.19. The first-order valence-corrected chi connectivity index (χ1v) is 18.4. The SMILES string of the molecule is COc1ccc(C23C(=O)N(Nc4ccc(Cl)cc4Cl)C(=O)C2CC2C(=CCn4c(=O)n(-c5ccccc5)c(=O)n42)C3c2cc(I)c(O)c(OC)c2)cc1. The summed E-state index contributed by atoms with van der Waals surface area (Å²) in [6.07, 6.45) is 1.86. The number of phenolic OH excluding ortho intramolecular Hbond substituents is 1. The second kappa shape index (κ2) is 13.1. The Balaban J connectivity index is 1.41. The molecule has 2 amide bonds. The molecule has 0 bridgehead atoms. The number of anilines is 1. The molecule has 1 saturated heterocycles. The molecule has 2 N–H and O–H groups in total. The minimum atomic E-state index is -1.60. The largest absolute Gasteiger partial charge is 0.504 e. The standard InChI is InChI=1S/C38H30Cl2IN5O7/c1-52-24-11-8-21(9-12-24)38-26(34(48)45(35(38)49)42-29-13-10-22(39)18-27(29)40)19-30-25(32(38)20-16-28(41)33(47)31(17-20)53-2)14-15-43-36(50)44(37(51)46(30)43)23-6-4-3-5-7-23/h3-14,16-18,26,30,32,42,47H,15,19H2,1-2H3. The van der Waals surface area contributed by atoms with Crippen LogP contribution in [0.4, 0.5) is 5.69 Å². The van der Waals surface area contributed by atoms with Crippen LogP contribution in [0.2, 0.25) is 10.0 Å². The molecule has 1 aliphatic carbocycles. The highest BCUT2D eigenvalue weighted by atomic mass is 127. The van der Waals surface area contributed by atoms with E-state index in [0.717, 1.165) is 9.58 Å². The topological polar surface area (TPSA) is 137 Å². The van der Waals surface area contributed by atoms with E-state index in [1.54, 1.807) is 78.9 Å². The van der Waals surface area contributed by atoms with Gasteiger partial charge in [-0.2, -0.15) is 5.01 Å². The number of para-hydroxylation sites is 1. The molecule has 3 aliphatic rings. The van der Waals surface area contributed by atoms with Crippen LogP contribution in [0.3, 0.4) is 0 Å². The zero-order chi connectivity index (χ0) is 37.3. The van der Waals surface area contributed by atoms with Crippen LogP contribution in [-0.4, -0.2) is 50.1 Å². The van der Waals surface area contributed by atoms with Gasteiger partial charge in [-0.1, -0.05) is 59.6 Å². The number of nitrogens with one attached hydrogen (secondary N) is 1. The molecule has 2 fully saturated rings. The third-order valence-corrected chi connectivity index (χ3v) is 11.8. The molecule has 12 nitrogen and oxygen atoms in total. The molecule has 53 heavy (non-hydrogen) atoms. The number of carbonyl (C=O) groups is 2. The monoisotopic (exact) mass is 865 g/mol. The number of aromatic hydroxyl groups is 1. The van der Waals surface area contributed by atoms with E-state index >= 15 is 4.79 Å². The predicted molar refractivity (Wildman–Crippen MR) is 206 cm³/mol. The Hall–Kier alpha value is -4.99. The Labute approximate surface area is 325 Å². The van der Waals surface area contributed by atoms with Gasteiger partial charge in [0.2, 0.25) is 0 Å². The van der Waals surface area contributed by atoms with Crippen molar-refractivity contribution in [3.8, 4) is 22.9 Å². The van der Waals surface area contributed by atoms with Gasteiger partial charge in [0, 0.05) is 10.9 Å². The molecular weight excluding hydrogens is 836 g/mol. The van der Waals surface area contributed by atoms with Crippen LogP contribution in [0.25, 0.3) is 5.69 Å². The molecule has 3 heterocycles. The van der Waals surface area contributed by atoms with Gasteiger partial charge in [0.25, 0.3) is 11.8 Å². The number of ether oxygens (including phenoxy) is 2. The van der Waals surface area contributed by atoms with Crippen molar-refractivity contribution in [2.45, 2.75) is 30.3 Å². The van der Waals surface area contributed by atoms with Crippen LogP contribution >= 0.6 is 45.8 Å². The molecule has 270 valence electrons. The van der Waals surface area contributed by atoms with Gasteiger partial charge in [0.1, 0.15) is 5.75 Å². The Morgan fingerprint density at radius 3 is 2.32 bits per heavy atom. The summed E-state index contributed by atoms with van der Waals surface area (Å²) in [6, 6.07) is 22.9. The summed E-state index contributed by atoms with van der Waals surface area (Å²) in [5.41, 5.74) is 2.68. The van der Waals surface area contributed by atoms with Crippen molar-refractivity contribution >= 4 is 63.3 Å². The van der Waals surface area contributed by atoms with Crippen molar-refractivity contribution < 1.29 is 24.2 Å². The molecule has 4 atom stereocenters. The summed E-state index contributed by atoms with van der Waals surface area (Å²) in [5, 5.41) is 12.5. The molecule has 8 rings (SSSR count). The van der Waals surface area contributed by atoms with E-state index in [1.807, 2.05) is 28.7 Å². The molecule has 2 aliphatic heterocycles. The van der Waals surface area contributed by atoms with Crippen molar-refractivity contribution in [3.63, 3.8) is 0 Å². The second-order valence-electron chi connectivity index (χ2n) is 13.0. The molecule has 1 aromatic heterocycles. The average molecular weight is 866 g/mol. The van der Waals surface area contributed by atoms with Crippen molar-refractivity contribution in [1.29, 1.82) is 0 Å². The van der Waals surface area contributed by atoms with Gasteiger partial charge in [0.05, 0.1) is 58.1 Å². The number of carbonyl (C=O) groups excluding carboxylic acids is 2. The van der Waals surface area contributed by atoms with E-state index in [9.17, 15) is 19.5 Å². The number of phenols is 1. The Kier molecular flexibility index (Phi) is 8.70. The average Bonchev–Trinajstić information content (AvgIpc) is 3.54. The van der Waals surface area contributed by atoms with Gasteiger partial charge in [0.15, 0.2) is 11.5 Å². The summed E-state index contributed by atoms with van der Waals surface area (Å²) >= 11 is 14.7. The number of nitrogens with zero attached hydrogens (tertiary/aromatic N) is 4. The minimum absolute atomic E-state index is 0.00404. The number of imide groups is 1. The number of fused-ring (bicyclic) bond motifs is 4. The molecule has 4 unspecified atom stereocenters. The predicted octanol–water partition coefficient (Wildman–Crippen LogP) is 6.05. The molecule has 0 spiro atoms. The molecule has 1 saturated carbocycles. The third kappa shape index (κ3) is 5.22. The van der Waals surface area contributed by atoms with Crippen LogP contribution in [0.5, 0.6) is 17.2 Å². The van der Waals surface area contributed by atoms with Gasteiger partial charge >= 0.3 is 11.4 Å². The van der Waals surface area contributed by atoms with Gasteiger partial charge in [-0.3, -0.25) is 15.0 Å². The summed E-state index contributed by atoms with van der Waals surface area (Å²) in [5.74, 6) is -2.47. The fraction of sp³-hybridized carbons (Fsp3) is 0.211. The first kappa shape index (κ1) is 35.1. The van der Waals surface area contributed by atoms with Crippen LogP contribution in [-0.2, 0) is 21.5 Å². The van der Waals surface area contributed by atoms with E-state index < -0.39 is 46.5 Å². The Morgan fingerprint density at radius 2 is 1.64 bits per heavy atom. The number of hydrogen-bond acceptors (Lipinski definition) is 8. The normalized spacial score (nSPS) is 21.8. The van der Waals surface area contributed by atoms with E-state index in [2.05, 4.69) is 5.43 Å². The molecule has 5 aromatic rings. The van der Waals surface area contributed by atoms with E-state index in [4.69, 9.17) is 32.7 Å². The first-order chi connectivity index (χ1) is 25.5. The van der Waals surface area contributed by atoms with E-state index in [-0.39, 0.29) is 35.2 Å². The number of hydrazine groups is 1. The molecule has 4 aromatic carbocycles. The highest BCUT2D eigenvalue weighted by molar-refractivity contribution is 14.1. The number of amides is 2.